The van der Waals surface area contributed by atoms with Crippen LogP contribution >= 0.6 is 7.82 Å². The van der Waals surface area contributed by atoms with E-state index in [4.69, 9.17) is 24.8 Å². The number of esters is 2. The van der Waals surface area contributed by atoms with Crippen molar-refractivity contribution < 1.29 is 52.6 Å². The van der Waals surface area contributed by atoms with Crippen molar-refractivity contribution in [1.29, 1.82) is 0 Å². The summed E-state index contributed by atoms with van der Waals surface area (Å²) in [7, 11) is -4.73. The molecule has 0 radical (unpaired) electrons. The molecule has 13 heteroatoms. The highest BCUT2D eigenvalue weighted by molar-refractivity contribution is 7.47. The second-order valence-corrected chi connectivity index (χ2v) is 14.7. The van der Waals surface area contributed by atoms with Crippen molar-refractivity contribution in [2.75, 3.05) is 19.8 Å². The predicted octanol–water partition coefficient (Wildman–Crippen LogP) is 8.64. The van der Waals surface area contributed by atoms with Crippen LogP contribution in [0.4, 0.5) is 0 Å². The van der Waals surface area contributed by atoms with Gasteiger partial charge in [-0.3, -0.25) is 23.4 Å². The number of allylic oxidation sites excluding steroid dienone is 5. The first-order valence-corrected chi connectivity index (χ1v) is 21.1. The van der Waals surface area contributed by atoms with E-state index in [1.54, 1.807) is 6.08 Å². The third-order valence-corrected chi connectivity index (χ3v) is 9.21. The summed E-state index contributed by atoms with van der Waals surface area (Å²) in [5.41, 5.74) is 5.31. The Morgan fingerprint density at radius 2 is 1.23 bits per heavy atom. The maximum Gasteiger partial charge on any atom is 0.472 e. The molecule has 0 heterocycles. The third-order valence-electron chi connectivity index (χ3n) is 8.26. The van der Waals surface area contributed by atoms with Gasteiger partial charge in [0.25, 0.3) is 0 Å². The molecular weight excluding hydrogens is 689 g/mol. The largest absolute Gasteiger partial charge is 0.480 e. The van der Waals surface area contributed by atoms with Gasteiger partial charge in [0.05, 0.1) is 19.3 Å². The number of aliphatic carboxylic acids is 1. The smallest absolute Gasteiger partial charge is 0.472 e. The van der Waals surface area contributed by atoms with Gasteiger partial charge in [-0.25, -0.2) is 4.57 Å². The summed E-state index contributed by atoms with van der Waals surface area (Å²) in [6.07, 6.45) is 30.9. The van der Waals surface area contributed by atoms with Crippen LogP contribution in [0.1, 0.15) is 155 Å². The molecule has 2 unspecified atom stereocenters. The standard InChI is InChI=1S/C39H70NO11P/c1-3-5-7-9-11-12-13-14-15-17-21-26-30-38(43)51-35(32-49-52(46,47)50-33-36(40)39(44)45)31-48-37(42)29-25-22-18-20-24-28-34(41)27-23-19-16-10-8-6-4-2/h6,8,16,19,23,27,34-36,41H,3-5,7,9-15,17-18,20-22,24-26,28-33,40H2,1-2H3,(H,44,45)(H,46,47)/b8-6+,19-16+,27-23+/t34?,35-,36+/m1/s1. The van der Waals surface area contributed by atoms with Crippen LogP contribution in [0.3, 0.4) is 0 Å². The van der Waals surface area contributed by atoms with Gasteiger partial charge in [0.15, 0.2) is 6.10 Å². The molecule has 5 N–H and O–H groups in total. The van der Waals surface area contributed by atoms with E-state index in [1.807, 2.05) is 18.2 Å². The second kappa shape index (κ2) is 34.4. The van der Waals surface area contributed by atoms with E-state index < -0.39 is 57.2 Å². The molecule has 0 spiro atoms. The molecule has 0 aliphatic rings. The zero-order valence-electron chi connectivity index (χ0n) is 32.0. The molecule has 0 bridgehead atoms. The van der Waals surface area contributed by atoms with Gasteiger partial charge in [0.1, 0.15) is 12.6 Å². The summed E-state index contributed by atoms with van der Waals surface area (Å²) in [5, 5.41) is 19.0. The maximum absolute atomic E-state index is 12.6. The fourth-order valence-corrected chi connectivity index (χ4v) is 5.91. The number of rotatable bonds is 36. The molecule has 0 saturated carbocycles. The summed E-state index contributed by atoms with van der Waals surface area (Å²) in [6, 6.07) is -1.53. The topological polar surface area (TPSA) is 192 Å². The molecule has 0 amide bonds. The van der Waals surface area contributed by atoms with E-state index in [9.17, 15) is 28.9 Å². The molecule has 52 heavy (non-hydrogen) atoms. The number of carbonyl (C=O) groups excluding carboxylic acids is 2. The lowest BCUT2D eigenvalue weighted by Crippen LogP contribution is -2.34. The van der Waals surface area contributed by atoms with Gasteiger partial charge in [-0.05, 0) is 32.1 Å². The second-order valence-electron chi connectivity index (χ2n) is 13.2. The quantitative estimate of drug-likeness (QED) is 0.0157. The Labute approximate surface area is 313 Å². The number of nitrogens with two attached hydrogens (primary N) is 1. The maximum atomic E-state index is 12.6. The monoisotopic (exact) mass is 759 g/mol. The lowest BCUT2D eigenvalue weighted by molar-refractivity contribution is -0.161. The minimum absolute atomic E-state index is 0.143. The molecule has 0 aromatic heterocycles. The SMILES string of the molecule is CC/C=C/C/C=C/C=C/C(O)CCCCCCCC(=O)OC[C@H](COP(=O)(O)OC[C@H](N)C(=O)O)OC(=O)CCCCCCCCCCCCCC. The van der Waals surface area contributed by atoms with E-state index in [0.29, 0.717) is 19.3 Å². The van der Waals surface area contributed by atoms with Crippen molar-refractivity contribution in [2.45, 2.75) is 173 Å². The number of aliphatic hydroxyl groups excluding tert-OH is 1. The molecule has 0 aliphatic carbocycles. The van der Waals surface area contributed by atoms with Crippen molar-refractivity contribution in [2.24, 2.45) is 5.73 Å². The number of ether oxygens (including phenoxy) is 2. The molecule has 0 aromatic rings. The van der Waals surface area contributed by atoms with Crippen LogP contribution in [0, 0.1) is 0 Å². The normalized spacial score (nSPS) is 14.9. The van der Waals surface area contributed by atoms with Crippen molar-refractivity contribution in [1.82, 2.24) is 0 Å². The van der Waals surface area contributed by atoms with Gasteiger partial charge in [-0.15, -0.1) is 0 Å². The number of hydrogen-bond acceptors (Lipinski definition) is 10. The average Bonchev–Trinajstić information content (AvgIpc) is 3.11. The van der Waals surface area contributed by atoms with Gasteiger partial charge in [0, 0.05) is 12.8 Å². The molecule has 0 aromatic carbocycles. The Morgan fingerprint density at radius 1 is 0.692 bits per heavy atom. The first-order valence-electron chi connectivity index (χ1n) is 19.6. The van der Waals surface area contributed by atoms with E-state index in [1.165, 1.54) is 51.4 Å². The number of aliphatic hydroxyl groups is 1. The highest BCUT2D eigenvalue weighted by Gasteiger charge is 2.28. The molecule has 0 saturated heterocycles. The number of phosphoric ester groups is 1. The fraction of sp³-hybridized carbons (Fsp3) is 0.769. The summed E-state index contributed by atoms with van der Waals surface area (Å²) in [6.45, 7) is 2.55. The van der Waals surface area contributed by atoms with Crippen LogP contribution in [0.5, 0.6) is 0 Å². The first kappa shape index (κ1) is 49.7. The van der Waals surface area contributed by atoms with Crippen LogP contribution in [0.15, 0.2) is 36.5 Å². The Bertz CT molecular complexity index is 1050. The van der Waals surface area contributed by atoms with E-state index in [2.05, 4.69) is 30.5 Å². The molecule has 4 atom stereocenters. The zero-order valence-corrected chi connectivity index (χ0v) is 32.9. The Kier molecular flexibility index (Phi) is 32.9. The molecule has 302 valence electrons. The molecule has 12 nitrogen and oxygen atoms in total. The van der Waals surface area contributed by atoms with Crippen molar-refractivity contribution in [3.63, 3.8) is 0 Å². The van der Waals surface area contributed by atoms with Gasteiger partial charge < -0.3 is 30.3 Å². The van der Waals surface area contributed by atoms with Crippen molar-refractivity contribution >= 4 is 25.7 Å². The average molecular weight is 760 g/mol. The lowest BCUT2D eigenvalue weighted by atomic mass is 10.0. The summed E-state index contributed by atoms with van der Waals surface area (Å²) < 4.78 is 32.5. The van der Waals surface area contributed by atoms with Crippen LogP contribution < -0.4 is 5.73 Å². The van der Waals surface area contributed by atoms with Gasteiger partial charge in [-0.2, -0.15) is 0 Å². The molecule has 0 aliphatic heterocycles. The molecule has 0 rings (SSSR count). The number of hydrogen-bond donors (Lipinski definition) is 4. The van der Waals surface area contributed by atoms with E-state index in [0.717, 1.165) is 57.8 Å². The van der Waals surface area contributed by atoms with Gasteiger partial charge in [-0.1, -0.05) is 147 Å². The number of phosphoric acid groups is 1. The van der Waals surface area contributed by atoms with E-state index >= 15 is 0 Å². The van der Waals surface area contributed by atoms with Crippen LogP contribution in [0.2, 0.25) is 0 Å². The fourth-order valence-electron chi connectivity index (χ4n) is 5.13. The molecule has 0 fully saturated rings. The highest BCUT2D eigenvalue weighted by Crippen LogP contribution is 2.43. The van der Waals surface area contributed by atoms with E-state index in [-0.39, 0.29) is 19.4 Å². The Morgan fingerprint density at radius 3 is 1.81 bits per heavy atom. The number of carboxylic acid groups (broad SMARTS) is 1. The molecular formula is C39H70NO11P. The zero-order chi connectivity index (χ0) is 38.7. The Hall–Kier alpha value is -2.34. The predicted molar refractivity (Wildman–Crippen MR) is 205 cm³/mol. The first-order chi connectivity index (χ1) is 25.0. The van der Waals surface area contributed by atoms with Crippen LogP contribution in [0.25, 0.3) is 0 Å². The van der Waals surface area contributed by atoms with Gasteiger partial charge in [0.2, 0.25) is 0 Å². The highest BCUT2D eigenvalue weighted by atomic mass is 31.2. The number of carbonyl (C=O) groups is 3. The van der Waals surface area contributed by atoms with Crippen molar-refractivity contribution in [3.8, 4) is 0 Å². The van der Waals surface area contributed by atoms with Crippen LogP contribution in [-0.4, -0.2) is 71.1 Å². The summed E-state index contributed by atoms with van der Waals surface area (Å²) in [5.74, 6) is -2.47. The lowest BCUT2D eigenvalue weighted by Gasteiger charge is -2.20. The number of carboxylic acids is 1. The summed E-state index contributed by atoms with van der Waals surface area (Å²) in [4.78, 5) is 45.8. The van der Waals surface area contributed by atoms with Gasteiger partial charge >= 0.3 is 25.7 Å². The third kappa shape index (κ3) is 33.5. The van der Waals surface area contributed by atoms with Crippen molar-refractivity contribution in [3.05, 3.63) is 36.5 Å². The summed E-state index contributed by atoms with van der Waals surface area (Å²) >= 11 is 0. The minimum Gasteiger partial charge on any atom is -0.480 e. The Balaban J connectivity index is 4.50. The minimum atomic E-state index is -4.73. The van der Waals surface area contributed by atoms with Crippen LogP contribution in [-0.2, 0) is 37.5 Å². The number of unbranched alkanes of at least 4 members (excludes halogenated alkanes) is 15.